The van der Waals surface area contributed by atoms with Crippen LogP contribution in [0.4, 0.5) is 4.39 Å². The molecule has 30 heavy (non-hydrogen) atoms. The van der Waals surface area contributed by atoms with Crippen molar-refractivity contribution in [3.63, 3.8) is 0 Å². The van der Waals surface area contributed by atoms with Crippen molar-refractivity contribution in [3.8, 4) is 0 Å². The summed E-state index contributed by atoms with van der Waals surface area (Å²) in [6.07, 6.45) is 0.831. The lowest BCUT2D eigenvalue weighted by atomic mass is 10.1. The van der Waals surface area contributed by atoms with Crippen molar-refractivity contribution in [2.75, 3.05) is 5.75 Å². The Kier molecular flexibility index (Phi) is 9.37. The third kappa shape index (κ3) is 7.17. The van der Waals surface area contributed by atoms with Crippen LogP contribution in [0.3, 0.4) is 0 Å². The number of benzene rings is 2. The molecule has 0 radical (unpaired) electrons. The van der Waals surface area contributed by atoms with Gasteiger partial charge in [-0.3, -0.25) is 9.59 Å². The number of carbonyl (C=O) groups is 2. The molecular formula is C24H31FN2O2S. The van der Waals surface area contributed by atoms with Gasteiger partial charge in [-0.05, 0) is 56.0 Å². The van der Waals surface area contributed by atoms with Gasteiger partial charge in [-0.25, -0.2) is 4.39 Å². The minimum Gasteiger partial charge on any atom is -0.352 e. The molecule has 0 aliphatic carbocycles. The fourth-order valence-corrected chi connectivity index (χ4v) is 3.81. The maximum Gasteiger partial charge on any atom is 0.242 e. The fourth-order valence-electron chi connectivity index (χ4n) is 2.94. The zero-order valence-corrected chi connectivity index (χ0v) is 19.0. The summed E-state index contributed by atoms with van der Waals surface area (Å²) in [6.45, 7) is 8.13. The van der Waals surface area contributed by atoms with Crippen LogP contribution >= 0.6 is 11.8 Å². The van der Waals surface area contributed by atoms with Crippen LogP contribution in [0.2, 0.25) is 0 Å². The molecule has 0 saturated carbocycles. The molecule has 1 N–H and O–H groups in total. The number of nitrogens with zero attached hydrogens (tertiary/aromatic N) is 1. The van der Waals surface area contributed by atoms with E-state index in [0.29, 0.717) is 12.3 Å². The van der Waals surface area contributed by atoms with E-state index in [1.54, 1.807) is 24.0 Å². The van der Waals surface area contributed by atoms with Crippen molar-refractivity contribution < 1.29 is 14.0 Å². The van der Waals surface area contributed by atoms with Crippen LogP contribution in [-0.2, 0) is 21.9 Å². The first-order chi connectivity index (χ1) is 14.3. The molecule has 0 saturated heterocycles. The summed E-state index contributed by atoms with van der Waals surface area (Å²) >= 11 is 1.47. The number of aryl methyl sites for hydroxylation is 1. The molecule has 2 amide bonds. The maximum atomic E-state index is 13.1. The largest absolute Gasteiger partial charge is 0.352 e. The highest BCUT2D eigenvalue weighted by molar-refractivity contribution is 7.99. The van der Waals surface area contributed by atoms with Gasteiger partial charge in [0, 0.05) is 18.3 Å². The maximum absolute atomic E-state index is 13.1. The summed E-state index contributed by atoms with van der Waals surface area (Å²) in [5, 5.41) is 2.98. The van der Waals surface area contributed by atoms with Gasteiger partial charge in [-0.15, -0.1) is 11.8 Å². The average Bonchev–Trinajstić information content (AvgIpc) is 2.73. The standard InChI is InChI=1S/C24H31FN2O2S/c1-5-18(3)26-24(29)19(4)27(14-21-9-7-6-8-17(21)2)23(28)16-30-15-20-10-12-22(25)13-11-20/h6-13,18-19H,5,14-16H2,1-4H3,(H,26,29)/t18-,19+/m1/s1. The van der Waals surface area contributed by atoms with Crippen LogP contribution in [-0.4, -0.2) is 34.6 Å². The second kappa shape index (κ2) is 11.7. The van der Waals surface area contributed by atoms with E-state index >= 15 is 0 Å². The van der Waals surface area contributed by atoms with Crippen LogP contribution in [0.1, 0.15) is 43.9 Å². The number of nitrogens with one attached hydrogen (secondary N) is 1. The van der Waals surface area contributed by atoms with Crippen molar-refractivity contribution in [2.45, 2.75) is 58.5 Å². The van der Waals surface area contributed by atoms with Crippen LogP contribution in [0.15, 0.2) is 48.5 Å². The lowest BCUT2D eigenvalue weighted by Crippen LogP contribution is -2.50. The van der Waals surface area contributed by atoms with Crippen molar-refractivity contribution >= 4 is 23.6 Å². The molecule has 0 aliphatic rings. The van der Waals surface area contributed by atoms with Gasteiger partial charge in [0.05, 0.1) is 5.75 Å². The smallest absolute Gasteiger partial charge is 0.242 e. The van der Waals surface area contributed by atoms with E-state index in [2.05, 4.69) is 5.32 Å². The molecule has 0 unspecified atom stereocenters. The average molecular weight is 431 g/mol. The molecule has 0 aromatic heterocycles. The Morgan fingerprint density at radius 2 is 1.77 bits per heavy atom. The molecule has 4 nitrogen and oxygen atoms in total. The molecule has 0 aliphatic heterocycles. The van der Waals surface area contributed by atoms with Gasteiger partial charge in [-0.2, -0.15) is 0 Å². The first-order valence-electron chi connectivity index (χ1n) is 10.3. The van der Waals surface area contributed by atoms with Gasteiger partial charge in [0.2, 0.25) is 11.8 Å². The summed E-state index contributed by atoms with van der Waals surface area (Å²) < 4.78 is 13.1. The van der Waals surface area contributed by atoms with Gasteiger partial charge < -0.3 is 10.2 Å². The normalized spacial score (nSPS) is 12.8. The Balaban J connectivity index is 2.08. The zero-order valence-electron chi connectivity index (χ0n) is 18.2. The van der Waals surface area contributed by atoms with Crippen LogP contribution in [0.5, 0.6) is 0 Å². The van der Waals surface area contributed by atoms with Gasteiger partial charge in [0.25, 0.3) is 0 Å². The van der Waals surface area contributed by atoms with E-state index in [-0.39, 0.29) is 29.4 Å². The Bertz CT molecular complexity index is 841. The SMILES string of the molecule is CC[C@@H](C)NC(=O)[C@H](C)N(Cc1ccccc1C)C(=O)CSCc1ccc(F)cc1. The molecule has 2 rings (SSSR count). The molecule has 6 heteroatoms. The number of thioether (sulfide) groups is 1. The monoisotopic (exact) mass is 430 g/mol. The highest BCUT2D eigenvalue weighted by atomic mass is 32.2. The van der Waals surface area contributed by atoms with Gasteiger partial charge in [0.1, 0.15) is 11.9 Å². The number of rotatable bonds is 10. The third-order valence-electron chi connectivity index (χ3n) is 5.18. The van der Waals surface area contributed by atoms with Crippen molar-refractivity contribution in [2.24, 2.45) is 0 Å². The highest BCUT2D eigenvalue weighted by Crippen LogP contribution is 2.18. The van der Waals surface area contributed by atoms with E-state index in [1.807, 2.05) is 45.0 Å². The minimum atomic E-state index is -0.572. The van der Waals surface area contributed by atoms with E-state index in [9.17, 15) is 14.0 Å². The van der Waals surface area contributed by atoms with Gasteiger partial charge >= 0.3 is 0 Å². The fraction of sp³-hybridized carbons (Fsp3) is 0.417. The van der Waals surface area contributed by atoms with E-state index in [4.69, 9.17) is 0 Å². The van der Waals surface area contributed by atoms with Crippen molar-refractivity contribution in [1.82, 2.24) is 10.2 Å². The summed E-state index contributed by atoms with van der Waals surface area (Å²) in [7, 11) is 0. The lowest BCUT2D eigenvalue weighted by molar-refractivity contribution is -0.138. The summed E-state index contributed by atoms with van der Waals surface area (Å²) in [5.74, 6) is 0.361. The summed E-state index contributed by atoms with van der Waals surface area (Å²) in [5.41, 5.74) is 3.07. The second-order valence-corrected chi connectivity index (χ2v) is 8.55. The predicted octanol–water partition coefficient (Wildman–Crippen LogP) is 4.70. The molecule has 0 bridgehead atoms. The van der Waals surface area contributed by atoms with Crippen molar-refractivity contribution in [3.05, 3.63) is 71.0 Å². The lowest BCUT2D eigenvalue weighted by Gasteiger charge is -2.30. The predicted molar refractivity (Wildman–Crippen MR) is 122 cm³/mol. The van der Waals surface area contributed by atoms with E-state index < -0.39 is 6.04 Å². The first-order valence-corrected chi connectivity index (χ1v) is 11.4. The number of hydrogen-bond donors (Lipinski definition) is 1. The van der Waals surface area contributed by atoms with Crippen molar-refractivity contribution in [1.29, 1.82) is 0 Å². The molecule has 162 valence electrons. The number of carbonyl (C=O) groups excluding carboxylic acids is 2. The highest BCUT2D eigenvalue weighted by Gasteiger charge is 2.27. The molecule has 2 aromatic rings. The summed E-state index contributed by atoms with van der Waals surface area (Å²) in [6, 6.07) is 13.7. The van der Waals surface area contributed by atoms with Crippen LogP contribution < -0.4 is 5.32 Å². The molecule has 0 heterocycles. The van der Waals surface area contributed by atoms with Crippen LogP contribution in [0, 0.1) is 12.7 Å². The Morgan fingerprint density at radius 1 is 1.10 bits per heavy atom. The quantitative estimate of drug-likeness (QED) is 0.594. The first kappa shape index (κ1) is 23.9. The van der Waals surface area contributed by atoms with Gasteiger partial charge in [0.15, 0.2) is 0 Å². The number of halogens is 1. The van der Waals surface area contributed by atoms with E-state index in [1.165, 1.54) is 23.9 Å². The zero-order chi connectivity index (χ0) is 22.1. The topological polar surface area (TPSA) is 49.4 Å². The molecule has 0 spiro atoms. The molecule has 0 fully saturated rings. The number of amides is 2. The van der Waals surface area contributed by atoms with E-state index in [0.717, 1.165) is 23.1 Å². The summed E-state index contributed by atoms with van der Waals surface area (Å²) in [4.78, 5) is 27.4. The Labute approximate surface area is 183 Å². The Hall–Kier alpha value is -2.34. The second-order valence-electron chi connectivity index (χ2n) is 7.56. The third-order valence-corrected chi connectivity index (χ3v) is 6.17. The van der Waals surface area contributed by atoms with Crippen LogP contribution in [0.25, 0.3) is 0 Å². The van der Waals surface area contributed by atoms with Gasteiger partial charge in [-0.1, -0.05) is 43.3 Å². The minimum absolute atomic E-state index is 0.0585. The molecule has 2 aromatic carbocycles. The Morgan fingerprint density at radius 3 is 2.40 bits per heavy atom. The number of hydrogen-bond acceptors (Lipinski definition) is 3. The molecule has 2 atom stereocenters. The molecular weight excluding hydrogens is 399 g/mol.